The Labute approximate surface area is 111 Å². The number of thiol groups is 1. The summed E-state index contributed by atoms with van der Waals surface area (Å²) in [4.78, 5) is 11.3. The molecule has 2 nitrogen and oxygen atoms in total. The number of amides is 1. The Morgan fingerprint density at radius 2 is 2.29 bits per heavy atom. The van der Waals surface area contributed by atoms with E-state index in [4.69, 9.17) is 0 Å². The molecule has 5 heteroatoms. The van der Waals surface area contributed by atoms with E-state index in [9.17, 15) is 4.79 Å². The molecule has 0 saturated heterocycles. The van der Waals surface area contributed by atoms with Crippen molar-refractivity contribution in [2.45, 2.75) is 6.42 Å². The molecule has 1 aromatic carbocycles. The van der Waals surface area contributed by atoms with Gasteiger partial charge in [0.05, 0.1) is 5.69 Å². The second-order valence-corrected chi connectivity index (χ2v) is 5.19. The molecule has 1 amide bonds. The molecule has 0 aromatic heterocycles. The highest BCUT2D eigenvalue weighted by Crippen LogP contribution is 2.24. The molecule has 0 radical (unpaired) electrons. The number of carbonyl (C=O) groups is 1. The van der Waals surface area contributed by atoms with Crippen molar-refractivity contribution in [2.75, 3.05) is 11.1 Å². The lowest BCUT2D eigenvalue weighted by atomic mass is 10.3. The largest absolute Gasteiger partial charge is 0.325 e. The maximum atomic E-state index is 11.3. The zero-order chi connectivity index (χ0) is 10.6. The summed E-state index contributed by atoms with van der Waals surface area (Å²) in [5, 5.41) is 2.81. The number of benzene rings is 1. The van der Waals surface area contributed by atoms with E-state index in [1.807, 2.05) is 18.2 Å². The molecule has 0 aliphatic rings. The van der Waals surface area contributed by atoms with Gasteiger partial charge in [-0.1, -0.05) is 0 Å². The standard InChI is InChI=1S/C9H9BrINOS/c10-7-2-1-6(11)5-8(7)12-9(13)3-4-14/h1-2,5,14H,3-4H2,(H,12,13). The van der Waals surface area contributed by atoms with E-state index in [-0.39, 0.29) is 5.91 Å². The minimum absolute atomic E-state index is 0.0114. The van der Waals surface area contributed by atoms with Crippen molar-refractivity contribution in [1.29, 1.82) is 0 Å². The normalized spacial score (nSPS) is 9.93. The SMILES string of the molecule is O=C(CCS)Nc1cc(I)ccc1Br. The Kier molecular flexibility index (Phi) is 5.25. The third-order valence-electron chi connectivity index (χ3n) is 1.54. The first kappa shape index (κ1) is 12.3. The van der Waals surface area contributed by atoms with E-state index in [0.717, 1.165) is 13.7 Å². The number of hydrogen-bond acceptors (Lipinski definition) is 2. The third kappa shape index (κ3) is 3.78. The van der Waals surface area contributed by atoms with Crippen LogP contribution < -0.4 is 5.32 Å². The Balaban J connectivity index is 2.75. The highest BCUT2D eigenvalue weighted by atomic mass is 127. The number of hydrogen-bond donors (Lipinski definition) is 2. The van der Waals surface area contributed by atoms with Crippen LogP contribution in [0.1, 0.15) is 6.42 Å². The van der Waals surface area contributed by atoms with Crippen molar-refractivity contribution in [2.24, 2.45) is 0 Å². The van der Waals surface area contributed by atoms with Gasteiger partial charge in [0, 0.05) is 14.5 Å². The van der Waals surface area contributed by atoms with Crippen LogP contribution in [-0.4, -0.2) is 11.7 Å². The van der Waals surface area contributed by atoms with Crippen molar-refractivity contribution in [3.05, 3.63) is 26.2 Å². The fourth-order valence-corrected chi connectivity index (χ4v) is 1.95. The Morgan fingerprint density at radius 1 is 1.57 bits per heavy atom. The Hall–Kier alpha value is 0.250. The number of rotatable bonds is 3. The number of anilines is 1. The minimum Gasteiger partial charge on any atom is -0.325 e. The first-order valence-corrected chi connectivity index (χ1v) is 6.49. The van der Waals surface area contributed by atoms with Gasteiger partial charge in [0.1, 0.15) is 0 Å². The monoisotopic (exact) mass is 385 g/mol. The van der Waals surface area contributed by atoms with Crippen molar-refractivity contribution in [1.82, 2.24) is 0 Å². The van der Waals surface area contributed by atoms with Gasteiger partial charge in [-0.05, 0) is 62.5 Å². The lowest BCUT2D eigenvalue weighted by Crippen LogP contribution is -2.12. The van der Waals surface area contributed by atoms with Crippen molar-refractivity contribution < 1.29 is 4.79 Å². The van der Waals surface area contributed by atoms with Crippen molar-refractivity contribution in [3.63, 3.8) is 0 Å². The van der Waals surface area contributed by atoms with Crippen LogP contribution in [0.4, 0.5) is 5.69 Å². The highest BCUT2D eigenvalue weighted by molar-refractivity contribution is 14.1. The van der Waals surface area contributed by atoms with Gasteiger partial charge in [-0.2, -0.15) is 12.6 Å². The van der Waals surface area contributed by atoms with E-state index in [1.165, 1.54) is 0 Å². The fourth-order valence-electron chi connectivity index (χ4n) is 0.908. The zero-order valence-corrected chi connectivity index (χ0v) is 11.9. The summed E-state index contributed by atoms with van der Waals surface area (Å²) < 4.78 is 1.98. The molecule has 1 N–H and O–H groups in total. The summed E-state index contributed by atoms with van der Waals surface area (Å²) in [6, 6.07) is 5.80. The van der Waals surface area contributed by atoms with Crippen LogP contribution in [0.15, 0.2) is 22.7 Å². The summed E-state index contributed by atoms with van der Waals surface area (Å²) >= 11 is 9.57. The van der Waals surface area contributed by atoms with Gasteiger partial charge in [-0.25, -0.2) is 0 Å². The fraction of sp³-hybridized carbons (Fsp3) is 0.222. The molecule has 0 saturated carbocycles. The summed E-state index contributed by atoms with van der Waals surface area (Å²) in [5.74, 6) is 0.551. The lowest BCUT2D eigenvalue weighted by molar-refractivity contribution is -0.115. The molecule has 1 rings (SSSR count). The number of carbonyl (C=O) groups excluding carboxylic acids is 1. The second kappa shape index (κ2) is 5.97. The van der Waals surface area contributed by atoms with E-state index >= 15 is 0 Å². The lowest BCUT2D eigenvalue weighted by Gasteiger charge is -2.06. The molecule has 1 aromatic rings. The maximum absolute atomic E-state index is 11.3. The molecule has 76 valence electrons. The van der Waals surface area contributed by atoms with Crippen LogP contribution in [0.2, 0.25) is 0 Å². The molecule has 0 unspecified atom stereocenters. The summed E-state index contributed by atoms with van der Waals surface area (Å²) in [6.07, 6.45) is 0.432. The van der Waals surface area contributed by atoms with E-state index in [0.29, 0.717) is 12.2 Å². The zero-order valence-electron chi connectivity index (χ0n) is 7.26. The van der Waals surface area contributed by atoms with Crippen LogP contribution >= 0.6 is 51.1 Å². The first-order chi connectivity index (χ1) is 6.63. The van der Waals surface area contributed by atoms with Gasteiger partial charge < -0.3 is 5.32 Å². The quantitative estimate of drug-likeness (QED) is 0.606. The van der Waals surface area contributed by atoms with Gasteiger partial charge in [-0.3, -0.25) is 4.79 Å². The van der Waals surface area contributed by atoms with Crippen LogP contribution in [-0.2, 0) is 4.79 Å². The minimum atomic E-state index is -0.0114. The summed E-state index contributed by atoms with van der Waals surface area (Å²) in [5.41, 5.74) is 0.809. The predicted octanol–water partition coefficient (Wildman–Crippen LogP) is 3.31. The summed E-state index contributed by atoms with van der Waals surface area (Å²) in [6.45, 7) is 0. The smallest absolute Gasteiger partial charge is 0.225 e. The molecular formula is C9H9BrINOS. The van der Waals surface area contributed by atoms with Crippen LogP contribution in [0, 0.1) is 3.57 Å². The molecule has 14 heavy (non-hydrogen) atoms. The van der Waals surface area contributed by atoms with Gasteiger partial charge >= 0.3 is 0 Å². The molecule has 0 atom stereocenters. The topological polar surface area (TPSA) is 29.1 Å². The molecular weight excluding hydrogens is 377 g/mol. The van der Waals surface area contributed by atoms with Gasteiger partial charge in [0.15, 0.2) is 0 Å². The van der Waals surface area contributed by atoms with Crippen LogP contribution in [0.3, 0.4) is 0 Å². The molecule has 0 fully saturated rings. The van der Waals surface area contributed by atoms with Gasteiger partial charge in [0.25, 0.3) is 0 Å². The van der Waals surface area contributed by atoms with Crippen molar-refractivity contribution >= 4 is 62.7 Å². The average molecular weight is 386 g/mol. The average Bonchev–Trinajstić information content (AvgIpc) is 2.12. The molecule has 0 aliphatic carbocycles. The van der Waals surface area contributed by atoms with E-state index < -0.39 is 0 Å². The van der Waals surface area contributed by atoms with Gasteiger partial charge in [-0.15, -0.1) is 0 Å². The molecule has 0 bridgehead atoms. The number of nitrogens with one attached hydrogen (secondary N) is 1. The van der Waals surface area contributed by atoms with Gasteiger partial charge in [0.2, 0.25) is 5.91 Å². The molecule has 0 heterocycles. The predicted molar refractivity (Wildman–Crippen MR) is 74.0 cm³/mol. The van der Waals surface area contributed by atoms with Crippen LogP contribution in [0.25, 0.3) is 0 Å². The van der Waals surface area contributed by atoms with Crippen LogP contribution in [0.5, 0.6) is 0 Å². The molecule has 0 aliphatic heterocycles. The maximum Gasteiger partial charge on any atom is 0.225 e. The van der Waals surface area contributed by atoms with E-state index in [2.05, 4.69) is 56.5 Å². The Bertz CT molecular complexity index is 346. The summed E-state index contributed by atoms with van der Waals surface area (Å²) in [7, 11) is 0. The number of halogens is 2. The highest BCUT2D eigenvalue weighted by Gasteiger charge is 2.04. The Morgan fingerprint density at radius 3 is 2.93 bits per heavy atom. The first-order valence-electron chi connectivity index (χ1n) is 3.99. The van der Waals surface area contributed by atoms with Crippen molar-refractivity contribution in [3.8, 4) is 0 Å². The third-order valence-corrected chi connectivity index (χ3v) is 3.13. The van der Waals surface area contributed by atoms with E-state index in [1.54, 1.807) is 0 Å². The second-order valence-electron chi connectivity index (χ2n) is 2.65. The molecule has 0 spiro atoms.